The van der Waals surface area contributed by atoms with Gasteiger partial charge in [0.15, 0.2) is 11.4 Å². The molecule has 4 aromatic rings. The lowest BCUT2D eigenvalue weighted by molar-refractivity contribution is -0.173. The van der Waals surface area contributed by atoms with Crippen LogP contribution in [0.2, 0.25) is 0 Å². The molecule has 0 atom stereocenters. The van der Waals surface area contributed by atoms with E-state index >= 15 is 0 Å². The van der Waals surface area contributed by atoms with Gasteiger partial charge in [0.25, 0.3) is 10.0 Å². The molecule has 1 amide bonds. The lowest BCUT2D eigenvalue weighted by atomic mass is 10.1. The van der Waals surface area contributed by atoms with Gasteiger partial charge in [-0.1, -0.05) is 5.16 Å². The average Bonchev–Trinajstić information content (AvgIpc) is 3.52. The van der Waals surface area contributed by atoms with Crippen LogP contribution in [0, 0.1) is 0 Å². The van der Waals surface area contributed by atoms with E-state index in [0.717, 1.165) is 6.07 Å². The molecule has 0 radical (unpaired) electrons. The Balaban J connectivity index is 1.58. The minimum absolute atomic E-state index is 0.101. The highest BCUT2D eigenvalue weighted by atomic mass is 32.2. The summed E-state index contributed by atoms with van der Waals surface area (Å²) in [6.07, 6.45) is -2.27. The van der Waals surface area contributed by atoms with E-state index in [-0.39, 0.29) is 46.9 Å². The second kappa shape index (κ2) is 10.8. The Morgan fingerprint density at radius 2 is 1.82 bits per heavy atom. The van der Waals surface area contributed by atoms with Gasteiger partial charge in [-0.15, -0.1) is 0 Å². The zero-order valence-corrected chi connectivity index (χ0v) is 21.5. The van der Waals surface area contributed by atoms with Crippen LogP contribution in [0.5, 0.6) is 11.5 Å². The van der Waals surface area contributed by atoms with Crippen molar-refractivity contribution in [3.8, 4) is 11.5 Å². The number of carboxylic acid groups (broad SMARTS) is 1. The first-order chi connectivity index (χ1) is 18.8. The molecule has 2 aromatic carbocycles. The van der Waals surface area contributed by atoms with Crippen LogP contribution in [0.1, 0.15) is 21.5 Å². The number of anilines is 1. The van der Waals surface area contributed by atoms with E-state index in [2.05, 4.69) is 15.0 Å². The first-order valence-corrected chi connectivity index (χ1v) is 12.6. The number of aromatic nitrogens is 3. The van der Waals surface area contributed by atoms with E-state index in [1.165, 1.54) is 49.5 Å². The standard InChI is InChI=1S/C23H20F3N5O8S/c1-37-15-4-3-14(21(32)33)7-18(15)40(35,36)30-20-19-16(38-2)5-12(6-17(19)39-29-20)10-31-11-13(9-28-31)8-27-22(34)23(24,25)26/h3-7,9,11H,8,10H2,1-2H3,(H,27,34)(H,29,30)(H,32,33). The lowest BCUT2D eigenvalue weighted by Gasteiger charge is -2.12. The number of benzene rings is 2. The van der Waals surface area contributed by atoms with E-state index in [1.54, 1.807) is 11.4 Å². The van der Waals surface area contributed by atoms with Crippen molar-refractivity contribution in [2.45, 2.75) is 24.2 Å². The predicted octanol–water partition coefficient (Wildman–Crippen LogP) is 2.77. The van der Waals surface area contributed by atoms with Gasteiger partial charge in [0, 0.05) is 18.3 Å². The molecule has 2 aromatic heterocycles. The van der Waals surface area contributed by atoms with Gasteiger partial charge in [-0.05, 0) is 35.9 Å². The van der Waals surface area contributed by atoms with Crippen molar-refractivity contribution in [3.63, 3.8) is 0 Å². The molecule has 4 rings (SSSR count). The lowest BCUT2D eigenvalue weighted by Crippen LogP contribution is -2.36. The SMILES string of the molecule is COc1ccc(C(=O)O)cc1S(=O)(=O)Nc1noc2cc(Cn3cc(CNC(=O)C(F)(F)F)cn3)cc(OC)c12. The van der Waals surface area contributed by atoms with Gasteiger partial charge in [0.1, 0.15) is 21.8 Å². The summed E-state index contributed by atoms with van der Waals surface area (Å²) in [5.74, 6) is -3.57. The van der Waals surface area contributed by atoms with Crippen LogP contribution >= 0.6 is 0 Å². The molecule has 3 N–H and O–H groups in total. The minimum Gasteiger partial charge on any atom is -0.496 e. The molecular formula is C23H20F3N5O8S. The number of carboxylic acids is 1. The van der Waals surface area contributed by atoms with E-state index in [4.69, 9.17) is 14.0 Å². The Hall–Kier alpha value is -4.80. The van der Waals surface area contributed by atoms with Gasteiger partial charge in [0.2, 0.25) is 0 Å². The summed E-state index contributed by atoms with van der Waals surface area (Å²) in [5, 5.41) is 19.0. The topological polar surface area (TPSA) is 175 Å². The van der Waals surface area contributed by atoms with Gasteiger partial charge in [-0.2, -0.15) is 18.3 Å². The average molecular weight is 584 g/mol. The number of alkyl halides is 3. The molecule has 0 saturated carbocycles. The highest BCUT2D eigenvalue weighted by Gasteiger charge is 2.38. The maximum atomic E-state index is 13.2. The number of ether oxygens (including phenoxy) is 2. The molecule has 0 aliphatic carbocycles. The number of sulfonamides is 1. The van der Waals surface area contributed by atoms with Crippen LogP contribution in [-0.2, 0) is 27.9 Å². The van der Waals surface area contributed by atoms with Gasteiger partial charge >= 0.3 is 18.1 Å². The summed E-state index contributed by atoms with van der Waals surface area (Å²) in [6, 6.07) is 6.42. The number of halogens is 3. The molecule has 0 saturated heterocycles. The third kappa shape index (κ3) is 5.93. The fourth-order valence-corrected chi connectivity index (χ4v) is 4.87. The number of fused-ring (bicyclic) bond motifs is 1. The van der Waals surface area contributed by atoms with Crippen LogP contribution < -0.4 is 19.5 Å². The number of nitrogens with zero attached hydrogens (tertiary/aromatic N) is 3. The zero-order valence-electron chi connectivity index (χ0n) is 20.6. The fourth-order valence-electron chi connectivity index (χ4n) is 3.67. The van der Waals surface area contributed by atoms with E-state index in [1.807, 2.05) is 0 Å². The number of aromatic carboxylic acids is 1. The predicted molar refractivity (Wildman–Crippen MR) is 131 cm³/mol. The largest absolute Gasteiger partial charge is 0.496 e. The summed E-state index contributed by atoms with van der Waals surface area (Å²) < 4.78 is 82.9. The Kier molecular flexibility index (Phi) is 7.59. The maximum Gasteiger partial charge on any atom is 0.471 e. The van der Waals surface area contributed by atoms with Crippen molar-refractivity contribution in [3.05, 3.63) is 59.4 Å². The fraction of sp³-hybridized carbons (Fsp3) is 0.217. The van der Waals surface area contributed by atoms with Crippen molar-refractivity contribution >= 4 is 38.7 Å². The molecular weight excluding hydrogens is 563 g/mol. The summed E-state index contributed by atoms with van der Waals surface area (Å²) >= 11 is 0. The van der Waals surface area contributed by atoms with Crippen LogP contribution in [0.3, 0.4) is 0 Å². The molecule has 212 valence electrons. The normalized spacial score (nSPS) is 11.8. The molecule has 0 bridgehead atoms. The van der Waals surface area contributed by atoms with E-state index < -0.39 is 33.0 Å². The number of rotatable bonds is 10. The van der Waals surface area contributed by atoms with E-state index in [9.17, 15) is 36.3 Å². The summed E-state index contributed by atoms with van der Waals surface area (Å²) in [7, 11) is -1.85. The number of carbonyl (C=O) groups excluding carboxylic acids is 1. The van der Waals surface area contributed by atoms with Gasteiger partial charge in [-0.3, -0.25) is 14.2 Å². The monoisotopic (exact) mass is 583 g/mol. The summed E-state index contributed by atoms with van der Waals surface area (Å²) in [5.41, 5.74) is 0.727. The van der Waals surface area contributed by atoms with E-state index in [0.29, 0.717) is 11.1 Å². The first kappa shape index (κ1) is 28.2. The zero-order chi connectivity index (χ0) is 29.2. The number of nitrogens with one attached hydrogen (secondary N) is 2. The van der Waals surface area contributed by atoms with Crippen LogP contribution in [-0.4, -0.2) is 60.7 Å². The van der Waals surface area contributed by atoms with Crippen molar-refractivity contribution in [1.82, 2.24) is 20.3 Å². The molecule has 17 heteroatoms. The van der Waals surface area contributed by atoms with Crippen LogP contribution in [0.15, 0.2) is 52.1 Å². The van der Waals surface area contributed by atoms with Gasteiger partial charge < -0.3 is 24.4 Å². The Labute approximate surface area is 223 Å². The molecule has 0 aliphatic rings. The molecule has 0 aliphatic heterocycles. The van der Waals surface area contributed by atoms with Gasteiger partial charge in [0.05, 0.1) is 32.5 Å². The number of hydrogen-bond donors (Lipinski definition) is 3. The third-order valence-corrected chi connectivity index (χ3v) is 6.85. The van der Waals surface area contributed by atoms with Crippen molar-refractivity contribution in [1.29, 1.82) is 0 Å². The molecule has 0 unspecified atom stereocenters. The maximum absolute atomic E-state index is 13.2. The second-order valence-electron chi connectivity index (χ2n) is 8.21. The van der Waals surface area contributed by atoms with Gasteiger partial charge in [-0.25, -0.2) is 13.2 Å². The molecule has 0 fully saturated rings. The quantitative estimate of drug-likeness (QED) is 0.252. The molecule has 40 heavy (non-hydrogen) atoms. The summed E-state index contributed by atoms with van der Waals surface area (Å²) in [4.78, 5) is 21.9. The Bertz CT molecular complexity index is 1700. The smallest absolute Gasteiger partial charge is 0.471 e. The van der Waals surface area contributed by atoms with Crippen molar-refractivity contribution in [2.75, 3.05) is 18.9 Å². The second-order valence-corrected chi connectivity index (χ2v) is 9.86. The highest BCUT2D eigenvalue weighted by Crippen LogP contribution is 2.36. The number of carbonyl (C=O) groups is 2. The van der Waals surface area contributed by atoms with Crippen LogP contribution in [0.4, 0.5) is 19.0 Å². The summed E-state index contributed by atoms with van der Waals surface area (Å²) in [6.45, 7) is -0.271. The minimum atomic E-state index is -5.00. The van der Waals surface area contributed by atoms with Crippen LogP contribution in [0.25, 0.3) is 11.0 Å². The van der Waals surface area contributed by atoms with Crippen molar-refractivity contribution < 1.29 is 50.3 Å². The number of amides is 1. The first-order valence-electron chi connectivity index (χ1n) is 11.1. The Morgan fingerprint density at radius 1 is 1.10 bits per heavy atom. The number of methoxy groups -OCH3 is 2. The number of hydrogen-bond acceptors (Lipinski definition) is 9. The highest BCUT2D eigenvalue weighted by molar-refractivity contribution is 7.92. The molecule has 2 heterocycles. The van der Waals surface area contributed by atoms with Crippen molar-refractivity contribution in [2.24, 2.45) is 0 Å². The Morgan fingerprint density at radius 3 is 2.48 bits per heavy atom. The third-order valence-electron chi connectivity index (χ3n) is 5.49. The molecule has 0 spiro atoms. The molecule has 13 nitrogen and oxygen atoms in total.